The Kier molecular flexibility index (Phi) is 4.93. The Morgan fingerprint density at radius 1 is 1.07 bits per heavy atom. The van der Waals surface area contributed by atoms with Crippen molar-refractivity contribution in [3.63, 3.8) is 0 Å². The van der Waals surface area contributed by atoms with E-state index in [1.54, 1.807) is 15.8 Å². The van der Waals surface area contributed by atoms with Gasteiger partial charge in [0.2, 0.25) is 5.91 Å². The van der Waals surface area contributed by atoms with Crippen LogP contribution in [0.2, 0.25) is 0 Å². The number of para-hydroxylation sites is 1. The van der Waals surface area contributed by atoms with Crippen LogP contribution in [0.25, 0.3) is 5.69 Å². The zero-order chi connectivity index (χ0) is 19.5. The molecular formula is C22H22N4O2. The summed E-state index contributed by atoms with van der Waals surface area (Å²) in [5, 5.41) is 7.34. The molecule has 0 unspecified atom stereocenters. The summed E-state index contributed by atoms with van der Waals surface area (Å²) < 4.78 is 1.80. The number of amides is 2. The zero-order valence-electron chi connectivity index (χ0n) is 15.8. The Morgan fingerprint density at radius 3 is 2.46 bits per heavy atom. The Balaban J connectivity index is 1.52. The van der Waals surface area contributed by atoms with Crippen LogP contribution in [0.3, 0.4) is 0 Å². The maximum Gasteiger partial charge on any atom is 0.259 e. The first-order valence-corrected chi connectivity index (χ1v) is 9.51. The van der Waals surface area contributed by atoms with E-state index in [9.17, 15) is 9.59 Å². The molecule has 0 bridgehead atoms. The summed E-state index contributed by atoms with van der Waals surface area (Å²) in [6.07, 6.45) is 3.79. The maximum absolute atomic E-state index is 12.8. The summed E-state index contributed by atoms with van der Waals surface area (Å²) >= 11 is 0. The van der Waals surface area contributed by atoms with Gasteiger partial charge in [0.05, 0.1) is 23.1 Å². The third-order valence-corrected chi connectivity index (χ3v) is 4.96. The number of nitrogens with one attached hydrogen (secondary N) is 1. The van der Waals surface area contributed by atoms with E-state index in [1.165, 1.54) is 0 Å². The summed E-state index contributed by atoms with van der Waals surface area (Å²) in [7, 11) is 0. The van der Waals surface area contributed by atoms with E-state index in [2.05, 4.69) is 10.4 Å². The number of nitrogens with zero attached hydrogens (tertiary/aromatic N) is 3. The van der Waals surface area contributed by atoms with Gasteiger partial charge >= 0.3 is 0 Å². The van der Waals surface area contributed by atoms with Gasteiger partial charge in [0.15, 0.2) is 0 Å². The molecule has 1 N–H and O–H groups in total. The van der Waals surface area contributed by atoms with Crippen LogP contribution < -0.4 is 10.2 Å². The highest BCUT2D eigenvalue weighted by Crippen LogP contribution is 2.24. The minimum Gasteiger partial charge on any atom is -0.322 e. The maximum atomic E-state index is 12.8. The molecule has 1 aliphatic heterocycles. The third-order valence-electron chi connectivity index (χ3n) is 4.96. The Bertz CT molecular complexity index is 993. The molecule has 1 aliphatic rings. The van der Waals surface area contributed by atoms with Gasteiger partial charge in [-0.1, -0.05) is 25.1 Å². The topological polar surface area (TPSA) is 67.2 Å². The number of carbonyl (C=O) groups excluding carboxylic acids is 2. The second-order valence-electron chi connectivity index (χ2n) is 6.76. The number of hydrogen-bond donors (Lipinski definition) is 1. The molecule has 2 amide bonds. The van der Waals surface area contributed by atoms with Crippen molar-refractivity contribution in [3.05, 3.63) is 72.1 Å². The monoisotopic (exact) mass is 374 g/mol. The molecule has 1 aromatic heterocycles. The number of benzene rings is 2. The number of carbonyl (C=O) groups is 2. The van der Waals surface area contributed by atoms with E-state index >= 15 is 0 Å². The van der Waals surface area contributed by atoms with E-state index in [0.29, 0.717) is 24.1 Å². The molecule has 0 radical (unpaired) electrons. The van der Waals surface area contributed by atoms with Crippen molar-refractivity contribution in [2.45, 2.75) is 26.2 Å². The highest BCUT2D eigenvalue weighted by molar-refractivity contribution is 6.05. The SMILES string of the molecule is CCc1c(C(=O)Nc2ccc(N3CCCC3=O)cc2)cnn1-c1ccccc1. The number of aromatic nitrogens is 2. The van der Waals surface area contributed by atoms with Gasteiger partial charge in [-0.15, -0.1) is 0 Å². The molecule has 0 spiro atoms. The van der Waals surface area contributed by atoms with Gasteiger partial charge in [-0.3, -0.25) is 9.59 Å². The molecule has 0 atom stereocenters. The van der Waals surface area contributed by atoms with Crippen molar-refractivity contribution in [3.8, 4) is 5.69 Å². The number of rotatable bonds is 5. The van der Waals surface area contributed by atoms with E-state index in [0.717, 1.165) is 30.0 Å². The van der Waals surface area contributed by atoms with Crippen LogP contribution in [0, 0.1) is 0 Å². The Hall–Kier alpha value is -3.41. The first kappa shape index (κ1) is 18.0. The van der Waals surface area contributed by atoms with Crippen LogP contribution in [-0.2, 0) is 11.2 Å². The molecule has 1 fully saturated rings. The Morgan fingerprint density at radius 2 is 1.82 bits per heavy atom. The first-order valence-electron chi connectivity index (χ1n) is 9.51. The first-order chi connectivity index (χ1) is 13.7. The fourth-order valence-corrected chi connectivity index (χ4v) is 3.54. The summed E-state index contributed by atoms with van der Waals surface area (Å²) in [4.78, 5) is 26.4. The van der Waals surface area contributed by atoms with Crippen LogP contribution in [-0.4, -0.2) is 28.1 Å². The van der Waals surface area contributed by atoms with Crippen molar-refractivity contribution in [2.24, 2.45) is 0 Å². The molecule has 2 aromatic carbocycles. The van der Waals surface area contributed by atoms with Gasteiger partial charge in [-0.05, 0) is 49.2 Å². The van der Waals surface area contributed by atoms with Gasteiger partial charge in [0.1, 0.15) is 0 Å². The van der Waals surface area contributed by atoms with Gasteiger partial charge in [-0.25, -0.2) is 4.68 Å². The fourth-order valence-electron chi connectivity index (χ4n) is 3.54. The molecule has 6 heteroatoms. The lowest BCUT2D eigenvalue weighted by atomic mass is 10.1. The van der Waals surface area contributed by atoms with Gasteiger partial charge in [0.25, 0.3) is 5.91 Å². The third kappa shape index (κ3) is 3.41. The molecule has 6 nitrogen and oxygen atoms in total. The molecular weight excluding hydrogens is 352 g/mol. The lowest BCUT2D eigenvalue weighted by molar-refractivity contribution is -0.117. The minimum absolute atomic E-state index is 0.151. The van der Waals surface area contributed by atoms with Gasteiger partial charge in [0, 0.05) is 24.3 Å². The number of anilines is 2. The van der Waals surface area contributed by atoms with E-state index in [4.69, 9.17) is 0 Å². The predicted octanol–water partition coefficient (Wildman–Crippen LogP) is 3.81. The smallest absolute Gasteiger partial charge is 0.259 e. The van der Waals surface area contributed by atoms with Gasteiger partial charge in [-0.2, -0.15) is 5.10 Å². The molecule has 28 heavy (non-hydrogen) atoms. The van der Waals surface area contributed by atoms with Crippen LogP contribution in [0.15, 0.2) is 60.8 Å². The summed E-state index contributed by atoms with van der Waals surface area (Å²) in [6, 6.07) is 17.2. The van der Waals surface area contributed by atoms with Crippen molar-refractivity contribution in [2.75, 3.05) is 16.8 Å². The van der Waals surface area contributed by atoms with Crippen LogP contribution in [0.5, 0.6) is 0 Å². The lowest BCUT2D eigenvalue weighted by Crippen LogP contribution is -2.23. The average Bonchev–Trinajstić information content (AvgIpc) is 3.35. The number of hydrogen-bond acceptors (Lipinski definition) is 3. The zero-order valence-corrected chi connectivity index (χ0v) is 15.8. The minimum atomic E-state index is -0.191. The van der Waals surface area contributed by atoms with Crippen LogP contribution >= 0.6 is 0 Å². The van der Waals surface area contributed by atoms with Gasteiger partial charge < -0.3 is 10.2 Å². The van der Waals surface area contributed by atoms with Crippen molar-refractivity contribution >= 4 is 23.2 Å². The highest BCUT2D eigenvalue weighted by Gasteiger charge is 2.22. The summed E-state index contributed by atoms with van der Waals surface area (Å²) in [5.74, 6) is -0.0401. The molecule has 4 rings (SSSR count). The van der Waals surface area contributed by atoms with Crippen molar-refractivity contribution in [1.29, 1.82) is 0 Å². The summed E-state index contributed by atoms with van der Waals surface area (Å²) in [6.45, 7) is 2.76. The van der Waals surface area contributed by atoms with E-state index in [1.807, 2.05) is 61.5 Å². The van der Waals surface area contributed by atoms with Crippen molar-refractivity contribution in [1.82, 2.24) is 9.78 Å². The average molecular weight is 374 g/mol. The molecule has 2 heterocycles. The van der Waals surface area contributed by atoms with Crippen molar-refractivity contribution < 1.29 is 9.59 Å². The highest BCUT2D eigenvalue weighted by atomic mass is 16.2. The molecule has 3 aromatic rings. The molecule has 142 valence electrons. The Labute approximate surface area is 163 Å². The normalized spacial score (nSPS) is 13.8. The van der Waals surface area contributed by atoms with Crippen LogP contribution in [0.4, 0.5) is 11.4 Å². The largest absolute Gasteiger partial charge is 0.322 e. The summed E-state index contributed by atoms with van der Waals surface area (Å²) in [5.41, 5.74) is 3.91. The predicted molar refractivity (Wildman–Crippen MR) is 109 cm³/mol. The molecule has 1 saturated heterocycles. The lowest BCUT2D eigenvalue weighted by Gasteiger charge is -2.16. The fraction of sp³-hybridized carbons (Fsp3) is 0.227. The second-order valence-corrected chi connectivity index (χ2v) is 6.76. The molecule has 0 aliphatic carbocycles. The van der Waals surface area contributed by atoms with E-state index < -0.39 is 0 Å². The quantitative estimate of drug-likeness (QED) is 0.738. The van der Waals surface area contributed by atoms with Crippen LogP contribution in [0.1, 0.15) is 35.8 Å². The second kappa shape index (κ2) is 7.68. The standard InChI is InChI=1S/C22H22N4O2/c1-2-20-19(15-23-26(20)18-7-4-3-5-8-18)22(28)24-16-10-12-17(13-11-16)25-14-6-9-21(25)27/h3-5,7-8,10-13,15H,2,6,9,14H2,1H3,(H,24,28). The molecule has 0 saturated carbocycles. The van der Waals surface area contributed by atoms with E-state index in [-0.39, 0.29) is 11.8 Å².